The molecule has 0 spiro atoms. The van der Waals surface area contributed by atoms with Crippen molar-refractivity contribution in [3.8, 4) is 0 Å². The second kappa shape index (κ2) is 2.64. The molecule has 0 saturated carbocycles. The third kappa shape index (κ3) is 0.810. The highest BCUT2D eigenvalue weighted by molar-refractivity contribution is 7.96. The van der Waals surface area contributed by atoms with Crippen molar-refractivity contribution in [2.45, 2.75) is 12.2 Å². The maximum absolute atomic E-state index is 11.9. The maximum atomic E-state index is 11.9. The summed E-state index contributed by atoms with van der Waals surface area (Å²) in [4.78, 5) is 11.9. The summed E-state index contributed by atoms with van der Waals surface area (Å²) < 4.78 is 7.36. The summed E-state index contributed by atoms with van der Waals surface area (Å²) in [5.41, 5.74) is 0.907. The van der Waals surface area contributed by atoms with Crippen LogP contribution in [-0.4, -0.2) is 28.7 Å². The van der Waals surface area contributed by atoms with Gasteiger partial charge in [-0.05, 0) is 11.9 Å². The molecule has 3 nitrogen and oxygen atoms in total. The molecule has 3 heterocycles. The molecular weight excluding hydrogens is 198 g/mol. The Morgan fingerprint density at radius 3 is 2.64 bits per heavy atom. The molecule has 0 aromatic carbocycles. The van der Waals surface area contributed by atoms with E-state index >= 15 is 0 Å². The zero-order valence-electron chi connectivity index (χ0n) is 7.84. The first kappa shape index (κ1) is 8.56. The smallest absolute Gasteiger partial charge is 0.243 e. The first-order valence-electron chi connectivity index (χ1n) is 4.64. The highest BCUT2D eigenvalue weighted by Gasteiger charge is 2.57. The predicted molar refractivity (Wildman–Crippen MR) is 54.3 cm³/mol. The van der Waals surface area contributed by atoms with E-state index in [1.54, 1.807) is 4.31 Å². The Hall–Kier alpha value is -0.740. The van der Waals surface area contributed by atoms with Gasteiger partial charge in [0.15, 0.2) is 0 Å². The summed E-state index contributed by atoms with van der Waals surface area (Å²) in [6, 6.07) is 0. The molecule has 0 aromatic heterocycles. The molecule has 2 fully saturated rings. The van der Waals surface area contributed by atoms with Crippen LogP contribution in [0.25, 0.3) is 0 Å². The van der Waals surface area contributed by atoms with Crippen LogP contribution in [0.5, 0.6) is 0 Å². The van der Waals surface area contributed by atoms with Crippen LogP contribution in [0.4, 0.5) is 0 Å². The van der Waals surface area contributed by atoms with Crippen LogP contribution >= 0.6 is 11.9 Å². The highest BCUT2D eigenvalue weighted by atomic mass is 32.2. The molecule has 3 rings (SSSR count). The van der Waals surface area contributed by atoms with Crippen molar-refractivity contribution in [1.82, 2.24) is 4.31 Å². The zero-order valence-corrected chi connectivity index (χ0v) is 8.66. The number of ether oxygens (including phenoxy) is 1. The van der Waals surface area contributed by atoms with E-state index < -0.39 is 0 Å². The van der Waals surface area contributed by atoms with Crippen molar-refractivity contribution in [3.05, 3.63) is 24.4 Å². The van der Waals surface area contributed by atoms with Crippen LogP contribution in [0, 0.1) is 11.8 Å². The van der Waals surface area contributed by atoms with Gasteiger partial charge in [-0.2, -0.15) is 0 Å². The number of nitrogens with zero attached hydrogens (tertiary/aromatic N) is 1. The summed E-state index contributed by atoms with van der Waals surface area (Å²) >= 11 is 1.44. The lowest BCUT2D eigenvalue weighted by atomic mass is 9.84. The summed E-state index contributed by atoms with van der Waals surface area (Å²) in [5.74, 6) is 0.333. The van der Waals surface area contributed by atoms with Gasteiger partial charge in [-0.1, -0.05) is 18.7 Å². The Morgan fingerprint density at radius 1 is 1.43 bits per heavy atom. The molecule has 1 amide bonds. The van der Waals surface area contributed by atoms with Crippen LogP contribution in [0.2, 0.25) is 0 Å². The lowest BCUT2D eigenvalue weighted by Gasteiger charge is -2.17. The normalized spacial score (nSPS) is 43.9. The van der Waals surface area contributed by atoms with E-state index in [1.165, 1.54) is 11.9 Å². The molecule has 3 aliphatic rings. The van der Waals surface area contributed by atoms with Gasteiger partial charge < -0.3 is 4.74 Å². The lowest BCUT2D eigenvalue weighted by Crippen LogP contribution is -2.26. The third-order valence-electron chi connectivity index (χ3n) is 3.21. The maximum Gasteiger partial charge on any atom is 0.243 e. The van der Waals surface area contributed by atoms with Gasteiger partial charge in [0, 0.05) is 17.9 Å². The van der Waals surface area contributed by atoms with E-state index in [9.17, 15) is 4.79 Å². The molecule has 4 heteroatoms. The van der Waals surface area contributed by atoms with Crippen molar-refractivity contribution in [1.29, 1.82) is 0 Å². The fourth-order valence-corrected chi connectivity index (χ4v) is 3.28. The number of hydrogen-bond acceptors (Lipinski definition) is 3. The highest BCUT2D eigenvalue weighted by Crippen LogP contribution is 2.50. The number of fused-ring (bicyclic) bond motifs is 5. The summed E-state index contributed by atoms with van der Waals surface area (Å²) in [6.45, 7) is 3.99. The molecule has 3 aliphatic heterocycles. The molecular formula is C10H11NO2S. The monoisotopic (exact) mass is 209 g/mol. The Bertz CT molecular complexity index is 322. The van der Waals surface area contributed by atoms with Gasteiger partial charge in [0.1, 0.15) is 0 Å². The Morgan fingerprint density at radius 2 is 2.07 bits per heavy atom. The van der Waals surface area contributed by atoms with Gasteiger partial charge in [-0.3, -0.25) is 9.10 Å². The fourth-order valence-electron chi connectivity index (χ4n) is 2.62. The largest absolute Gasteiger partial charge is 0.365 e. The molecule has 74 valence electrons. The average molecular weight is 209 g/mol. The standard InChI is InChI=1S/C10H11NO2S/c1-5-8-6-3-4-7(13-6)9(8)10(12)11(5)14-2/h3-4,6-9H,1H2,2H3. The van der Waals surface area contributed by atoms with E-state index in [2.05, 4.69) is 6.58 Å². The van der Waals surface area contributed by atoms with E-state index in [-0.39, 0.29) is 30.0 Å². The topological polar surface area (TPSA) is 29.5 Å². The van der Waals surface area contributed by atoms with E-state index in [0.29, 0.717) is 0 Å². The molecule has 0 radical (unpaired) electrons. The van der Waals surface area contributed by atoms with Crippen LogP contribution in [0.1, 0.15) is 0 Å². The first-order chi connectivity index (χ1) is 6.74. The quantitative estimate of drug-likeness (QED) is 0.480. The minimum absolute atomic E-state index is 0.00796. The molecule has 0 aliphatic carbocycles. The van der Waals surface area contributed by atoms with Gasteiger partial charge >= 0.3 is 0 Å². The molecule has 0 aromatic rings. The Kier molecular flexibility index (Phi) is 1.61. The van der Waals surface area contributed by atoms with Gasteiger partial charge in [-0.25, -0.2) is 0 Å². The molecule has 14 heavy (non-hydrogen) atoms. The van der Waals surface area contributed by atoms with Crippen molar-refractivity contribution < 1.29 is 9.53 Å². The van der Waals surface area contributed by atoms with Gasteiger partial charge in [0.2, 0.25) is 5.91 Å². The molecule has 2 bridgehead atoms. The number of carbonyl (C=O) groups is 1. The molecule has 0 N–H and O–H groups in total. The summed E-state index contributed by atoms with van der Waals surface area (Å²) in [5, 5.41) is 0. The molecule has 4 unspecified atom stereocenters. The van der Waals surface area contributed by atoms with Gasteiger partial charge in [0.25, 0.3) is 0 Å². The lowest BCUT2D eigenvalue weighted by molar-refractivity contribution is -0.127. The number of amides is 1. The summed E-state index contributed by atoms with van der Waals surface area (Å²) in [7, 11) is 0. The summed E-state index contributed by atoms with van der Waals surface area (Å²) in [6.07, 6.45) is 6.03. The minimum atomic E-state index is -0.00931. The van der Waals surface area contributed by atoms with Crippen molar-refractivity contribution in [2.75, 3.05) is 6.26 Å². The van der Waals surface area contributed by atoms with E-state index in [0.717, 1.165) is 5.70 Å². The molecule has 4 atom stereocenters. The predicted octanol–water partition coefficient (Wildman–Crippen LogP) is 1.19. The second-order valence-electron chi connectivity index (χ2n) is 3.81. The number of rotatable bonds is 1. The molecule has 2 saturated heterocycles. The van der Waals surface area contributed by atoms with Gasteiger partial charge in [-0.15, -0.1) is 0 Å². The van der Waals surface area contributed by atoms with Gasteiger partial charge in [0.05, 0.1) is 18.1 Å². The Labute approximate surface area is 86.9 Å². The number of carbonyl (C=O) groups excluding carboxylic acids is 1. The second-order valence-corrected chi connectivity index (χ2v) is 4.54. The average Bonchev–Trinajstić information content (AvgIpc) is 2.80. The van der Waals surface area contributed by atoms with Crippen molar-refractivity contribution >= 4 is 17.9 Å². The number of hydrogen-bond donors (Lipinski definition) is 0. The van der Waals surface area contributed by atoms with E-state index in [1.807, 2.05) is 18.4 Å². The Balaban J connectivity index is 2.02. The van der Waals surface area contributed by atoms with Crippen LogP contribution < -0.4 is 0 Å². The van der Waals surface area contributed by atoms with Crippen LogP contribution in [-0.2, 0) is 9.53 Å². The van der Waals surface area contributed by atoms with Crippen LogP contribution in [0.15, 0.2) is 24.4 Å². The van der Waals surface area contributed by atoms with Crippen LogP contribution in [0.3, 0.4) is 0 Å². The third-order valence-corrected chi connectivity index (χ3v) is 3.99. The minimum Gasteiger partial charge on any atom is -0.365 e. The zero-order chi connectivity index (χ0) is 9.87. The fraction of sp³-hybridized carbons (Fsp3) is 0.500. The first-order valence-corrected chi connectivity index (χ1v) is 5.83. The SMILES string of the molecule is C=C1C2C3C=CC(O3)C2C(=O)N1SC. The van der Waals surface area contributed by atoms with Crippen molar-refractivity contribution in [2.24, 2.45) is 11.8 Å². The van der Waals surface area contributed by atoms with E-state index in [4.69, 9.17) is 4.74 Å². The van der Waals surface area contributed by atoms with Crippen molar-refractivity contribution in [3.63, 3.8) is 0 Å².